The maximum atomic E-state index is 13.0. The number of furan rings is 1. The molecule has 1 amide bonds. The Hall–Kier alpha value is -2.34. The number of carboxylic acids is 1. The number of carbonyl (C=O) groups is 2. The van der Waals surface area contributed by atoms with Crippen molar-refractivity contribution in [2.45, 2.75) is 52.5 Å². The number of benzene rings is 1. The van der Waals surface area contributed by atoms with Gasteiger partial charge in [0, 0.05) is 30.1 Å². The second kappa shape index (κ2) is 6.92. The van der Waals surface area contributed by atoms with Crippen molar-refractivity contribution < 1.29 is 19.1 Å². The molecule has 2 aromatic rings. The fourth-order valence-corrected chi connectivity index (χ4v) is 5.01. The zero-order valence-electron chi connectivity index (χ0n) is 16.8. The standard InChI is InChI=1S/C22H28N2O4/c1-13-9-14(2)19-16(12-28-20(19)15(13)3)10-18(25)24-8-6-22(21(26)27)5-4-7-23-17(22)11-24/h9,12,17,23H,4-8,10-11H2,1-3H3,(H,26,27)/t17-,22+/m1/s1. The minimum absolute atomic E-state index is 0.0340. The largest absolute Gasteiger partial charge is 0.481 e. The van der Waals surface area contributed by atoms with Gasteiger partial charge in [-0.2, -0.15) is 0 Å². The predicted octanol–water partition coefficient (Wildman–Crippen LogP) is 2.96. The Labute approximate surface area is 164 Å². The van der Waals surface area contributed by atoms with Crippen LogP contribution >= 0.6 is 0 Å². The molecule has 1 aromatic carbocycles. The topological polar surface area (TPSA) is 82.8 Å². The fraction of sp³-hybridized carbons (Fsp3) is 0.545. The van der Waals surface area contributed by atoms with E-state index < -0.39 is 11.4 Å². The van der Waals surface area contributed by atoms with Crippen LogP contribution in [0.3, 0.4) is 0 Å². The molecule has 2 aliphatic rings. The van der Waals surface area contributed by atoms with Crippen LogP contribution in [0.25, 0.3) is 11.0 Å². The number of rotatable bonds is 3. The highest BCUT2D eigenvalue weighted by Crippen LogP contribution is 2.39. The molecular formula is C22H28N2O4. The molecule has 4 rings (SSSR count). The van der Waals surface area contributed by atoms with Gasteiger partial charge in [0.25, 0.3) is 0 Å². The number of piperidine rings is 2. The molecule has 0 bridgehead atoms. The minimum Gasteiger partial charge on any atom is -0.481 e. The summed E-state index contributed by atoms with van der Waals surface area (Å²) in [5.41, 5.74) is 4.44. The lowest BCUT2D eigenvalue weighted by Gasteiger charge is -2.48. The molecule has 6 heteroatoms. The van der Waals surface area contributed by atoms with Crippen LogP contribution in [0.15, 0.2) is 16.7 Å². The third kappa shape index (κ3) is 2.91. The number of nitrogens with zero attached hydrogens (tertiary/aromatic N) is 1. The molecule has 6 nitrogen and oxygen atoms in total. The fourth-order valence-electron chi connectivity index (χ4n) is 5.01. The average Bonchev–Trinajstić information content (AvgIpc) is 3.09. The van der Waals surface area contributed by atoms with Crippen LogP contribution in [0.5, 0.6) is 0 Å². The van der Waals surface area contributed by atoms with Gasteiger partial charge in [-0.25, -0.2) is 0 Å². The molecule has 2 saturated heterocycles. The monoisotopic (exact) mass is 384 g/mol. The van der Waals surface area contributed by atoms with Crippen LogP contribution in [0, 0.1) is 26.2 Å². The summed E-state index contributed by atoms with van der Waals surface area (Å²) in [5.74, 6) is -0.703. The lowest BCUT2D eigenvalue weighted by molar-refractivity contribution is -0.159. The first-order valence-corrected chi connectivity index (χ1v) is 10.0. The second-order valence-corrected chi connectivity index (χ2v) is 8.44. The number of aliphatic carboxylic acids is 1. The van der Waals surface area contributed by atoms with Crippen LogP contribution in [0.2, 0.25) is 0 Å². The van der Waals surface area contributed by atoms with Crippen LogP contribution in [-0.2, 0) is 16.0 Å². The van der Waals surface area contributed by atoms with Gasteiger partial charge in [-0.1, -0.05) is 6.07 Å². The zero-order chi connectivity index (χ0) is 20.1. The van der Waals surface area contributed by atoms with Gasteiger partial charge in [0.1, 0.15) is 5.58 Å². The first-order chi connectivity index (χ1) is 13.3. The molecule has 0 saturated carbocycles. The van der Waals surface area contributed by atoms with Gasteiger partial charge in [-0.3, -0.25) is 9.59 Å². The molecule has 0 unspecified atom stereocenters. The van der Waals surface area contributed by atoms with Crippen molar-refractivity contribution in [2.24, 2.45) is 5.41 Å². The second-order valence-electron chi connectivity index (χ2n) is 8.44. The number of hydrogen-bond donors (Lipinski definition) is 2. The molecule has 3 heterocycles. The molecule has 0 radical (unpaired) electrons. The molecule has 2 atom stereocenters. The third-order valence-corrected chi connectivity index (χ3v) is 6.84. The van der Waals surface area contributed by atoms with Crippen molar-refractivity contribution >= 4 is 22.8 Å². The normalized spacial score (nSPS) is 25.0. The van der Waals surface area contributed by atoms with Gasteiger partial charge in [0.2, 0.25) is 5.91 Å². The van der Waals surface area contributed by atoms with Crippen molar-refractivity contribution in [3.63, 3.8) is 0 Å². The smallest absolute Gasteiger partial charge is 0.311 e. The van der Waals surface area contributed by atoms with Gasteiger partial charge >= 0.3 is 5.97 Å². The highest BCUT2D eigenvalue weighted by atomic mass is 16.4. The van der Waals surface area contributed by atoms with Crippen molar-refractivity contribution in [3.05, 3.63) is 34.6 Å². The van der Waals surface area contributed by atoms with E-state index in [4.69, 9.17) is 4.42 Å². The molecule has 1 aromatic heterocycles. The minimum atomic E-state index is -0.737. The highest BCUT2D eigenvalue weighted by molar-refractivity contribution is 5.92. The number of fused-ring (bicyclic) bond motifs is 2. The Balaban J connectivity index is 1.55. The lowest BCUT2D eigenvalue weighted by atomic mass is 9.69. The SMILES string of the molecule is Cc1cc(C)c2c(CC(=O)N3CC[C@@]4(C(=O)O)CCCN[C@@H]4C3)coc2c1C. The van der Waals surface area contributed by atoms with Crippen molar-refractivity contribution in [1.82, 2.24) is 10.2 Å². The van der Waals surface area contributed by atoms with E-state index in [0.717, 1.165) is 40.6 Å². The predicted molar refractivity (Wildman–Crippen MR) is 106 cm³/mol. The van der Waals surface area contributed by atoms with Crippen LogP contribution in [-0.4, -0.2) is 47.6 Å². The van der Waals surface area contributed by atoms with E-state index in [0.29, 0.717) is 25.9 Å². The summed E-state index contributed by atoms with van der Waals surface area (Å²) in [6.45, 7) is 7.91. The van der Waals surface area contributed by atoms with E-state index in [9.17, 15) is 14.7 Å². The summed E-state index contributed by atoms with van der Waals surface area (Å²) in [4.78, 5) is 26.8. The Morgan fingerprint density at radius 3 is 2.82 bits per heavy atom. The summed E-state index contributed by atoms with van der Waals surface area (Å²) in [6.07, 6.45) is 4.05. The van der Waals surface area contributed by atoms with E-state index in [-0.39, 0.29) is 18.4 Å². The lowest BCUT2D eigenvalue weighted by Crippen LogP contribution is -2.63. The maximum absolute atomic E-state index is 13.0. The first kappa shape index (κ1) is 19.0. The van der Waals surface area contributed by atoms with Crippen molar-refractivity contribution in [1.29, 1.82) is 0 Å². The van der Waals surface area contributed by atoms with Gasteiger partial charge in [0.05, 0.1) is 18.1 Å². The summed E-state index contributed by atoms with van der Waals surface area (Å²) >= 11 is 0. The van der Waals surface area contributed by atoms with Crippen molar-refractivity contribution in [2.75, 3.05) is 19.6 Å². The molecule has 2 N–H and O–H groups in total. The highest BCUT2D eigenvalue weighted by Gasteiger charge is 2.50. The van der Waals surface area contributed by atoms with E-state index in [1.807, 2.05) is 18.7 Å². The number of likely N-dealkylation sites (tertiary alicyclic amines) is 1. The van der Waals surface area contributed by atoms with E-state index >= 15 is 0 Å². The van der Waals surface area contributed by atoms with Gasteiger partial charge < -0.3 is 19.7 Å². The average molecular weight is 384 g/mol. The number of carbonyl (C=O) groups excluding carboxylic acids is 1. The van der Waals surface area contributed by atoms with E-state index in [2.05, 4.69) is 18.3 Å². The Kier molecular flexibility index (Phi) is 4.70. The molecule has 150 valence electrons. The molecule has 0 aliphatic carbocycles. The molecule has 28 heavy (non-hydrogen) atoms. The summed E-state index contributed by atoms with van der Waals surface area (Å²) < 4.78 is 5.80. The summed E-state index contributed by atoms with van der Waals surface area (Å²) in [6, 6.07) is 1.96. The quantitative estimate of drug-likeness (QED) is 0.850. The van der Waals surface area contributed by atoms with Gasteiger partial charge in [0.15, 0.2) is 0 Å². The molecular weight excluding hydrogens is 356 g/mol. The third-order valence-electron chi connectivity index (χ3n) is 6.84. The summed E-state index contributed by atoms with van der Waals surface area (Å²) in [7, 11) is 0. The molecule has 0 spiro atoms. The van der Waals surface area contributed by atoms with Gasteiger partial charge in [-0.05, 0) is 63.3 Å². The molecule has 2 aliphatic heterocycles. The maximum Gasteiger partial charge on any atom is 0.311 e. The first-order valence-electron chi connectivity index (χ1n) is 10.0. The Morgan fingerprint density at radius 2 is 2.07 bits per heavy atom. The summed E-state index contributed by atoms with van der Waals surface area (Å²) in [5, 5.41) is 14.2. The molecule has 2 fully saturated rings. The van der Waals surface area contributed by atoms with Crippen molar-refractivity contribution in [3.8, 4) is 0 Å². The van der Waals surface area contributed by atoms with Crippen LogP contribution < -0.4 is 5.32 Å². The van der Waals surface area contributed by atoms with E-state index in [1.54, 1.807) is 6.26 Å². The number of carboxylic acid groups (broad SMARTS) is 1. The van der Waals surface area contributed by atoms with Crippen LogP contribution in [0.4, 0.5) is 0 Å². The number of nitrogens with one attached hydrogen (secondary N) is 1. The van der Waals surface area contributed by atoms with Gasteiger partial charge in [-0.15, -0.1) is 0 Å². The number of amides is 1. The zero-order valence-corrected chi connectivity index (χ0v) is 16.8. The Bertz CT molecular complexity index is 948. The van der Waals surface area contributed by atoms with E-state index in [1.165, 1.54) is 5.56 Å². The number of aryl methyl sites for hydroxylation is 3. The Morgan fingerprint density at radius 1 is 1.29 bits per heavy atom. The number of hydrogen-bond acceptors (Lipinski definition) is 4. The van der Waals surface area contributed by atoms with Crippen LogP contribution in [0.1, 0.15) is 41.5 Å².